The van der Waals surface area contributed by atoms with E-state index in [-0.39, 0.29) is 17.3 Å². The first-order chi connectivity index (χ1) is 9.92. The number of aromatic nitrogens is 2. The van der Waals surface area contributed by atoms with Crippen molar-refractivity contribution < 1.29 is 14.1 Å². The van der Waals surface area contributed by atoms with Crippen molar-refractivity contribution in [1.82, 2.24) is 9.97 Å². The molecule has 0 saturated heterocycles. The third-order valence-electron chi connectivity index (χ3n) is 2.67. The lowest BCUT2D eigenvalue weighted by atomic mass is 10.3. The summed E-state index contributed by atoms with van der Waals surface area (Å²) in [5.74, 6) is 5.14. The van der Waals surface area contributed by atoms with E-state index in [0.29, 0.717) is 17.2 Å². The van der Waals surface area contributed by atoms with Crippen molar-refractivity contribution in [3.63, 3.8) is 0 Å². The molecule has 0 atom stereocenters. The van der Waals surface area contributed by atoms with Crippen molar-refractivity contribution in [2.24, 2.45) is 5.84 Å². The molecule has 9 heteroatoms. The third kappa shape index (κ3) is 3.03. The van der Waals surface area contributed by atoms with Crippen LogP contribution in [0.3, 0.4) is 0 Å². The van der Waals surface area contributed by atoms with Crippen molar-refractivity contribution in [3.8, 4) is 11.6 Å². The molecule has 1 aromatic carbocycles. The lowest BCUT2D eigenvalue weighted by Gasteiger charge is -2.11. The predicted octanol–water partition coefficient (Wildman–Crippen LogP) is 2.22. The number of ether oxygens (including phenoxy) is 1. The van der Waals surface area contributed by atoms with Crippen LogP contribution in [0.2, 0.25) is 0 Å². The van der Waals surface area contributed by atoms with E-state index in [1.54, 1.807) is 13.8 Å². The zero-order valence-electron chi connectivity index (χ0n) is 11.3. The number of nitro benzene ring substituents is 1. The molecule has 0 amide bonds. The van der Waals surface area contributed by atoms with Gasteiger partial charge in [-0.15, -0.1) is 0 Å². The summed E-state index contributed by atoms with van der Waals surface area (Å²) < 4.78 is 18.6. The fourth-order valence-electron chi connectivity index (χ4n) is 1.67. The zero-order chi connectivity index (χ0) is 15.6. The highest BCUT2D eigenvalue weighted by molar-refractivity contribution is 5.52. The number of hydrazine groups is 1. The van der Waals surface area contributed by atoms with Crippen LogP contribution < -0.4 is 16.0 Å². The molecule has 0 aliphatic heterocycles. The highest BCUT2D eigenvalue weighted by atomic mass is 19.1. The van der Waals surface area contributed by atoms with Crippen LogP contribution in [0.25, 0.3) is 0 Å². The Morgan fingerprint density at radius 1 is 1.38 bits per heavy atom. The van der Waals surface area contributed by atoms with Crippen LogP contribution in [0, 0.1) is 29.8 Å². The van der Waals surface area contributed by atoms with Crippen molar-refractivity contribution >= 4 is 11.5 Å². The summed E-state index contributed by atoms with van der Waals surface area (Å²) in [6.07, 6.45) is 0. The lowest BCUT2D eigenvalue weighted by Crippen LogP contribution is -2.12. The van der Waals surface area contributed by atoms with Crippen molar-refractivity contribution in [2.45, 2.75) is 13.8 Å². The molecular formula is C12H12FN5O3. The van der Waals surface area contributed by atoms with Gasteiger partial charge in [-0.25, -0.2) is 15.2 Å². The molecule has 8 nitrogen and oxygen atoms in total. The summed E-state index contributed by atoms with van der Waals surface area (Å²) in [4.78, 5) is 18.3. The van der Waals surface area contributed by atoms with Gasteiger partial charge in [0.05, 0.1) is 10.5 Å². The molecule has 0 bridgehead atoms. The minimum absolute atomic E-state index is 0.0594. The van der Waals surface area contributed by atoms with Gasteiger partial charge in [-0.05, 0) is 19.9 Å². The van der Waals surface area contributed by atoms with Crippen LogP contribution >= 0.6 is 0 Å². The van der Waals surface area contributed by atoms with E-state index in [9.17, 15) is 14.5 Å². The van der Waals surface area contributed by atoms with Crippen molar-refractivity contribution in [2.75, 3.05) is 5.43 Å². The Morgan fingerprint density at radius 3 is 2.71 bits per heavy atom. The summed E-state index contributed by atoms with van der Waals surface area (Å²) in [5, 5.41) is 10.9. The second kappa shape index (κ2) is 5.67. The van der Waals surface area contributed by atoms with E-state index >= 15 is 0 Å². The number of aryl methyl sites for hydroxylation is 1. The number of rotatable bonds is 4. The average Bonchev–Trinajstić information content (AvgIpc) is 2.42. The number of nitro groups is 1. The molecule has 1 aromatic heterocycles. The van der Waals surface area contributed by atoms with Crippen LogP contribution in [0.4, 0.5) is 15.9 Å². The number of hydrogen-bond acceptors (Lipinski definition) is 7. The number of nitrogens with zero attached hydrogens (tertiary/aromatic N) is 3. The van der Waals surface area contributed by atoms with Gasteiger partial charge in [-0.1, -0.05) is 0 Å². The van der Waals surface area contributed by atoms with E-state index in [2.05, 4.69) is 15.4 Å². The van der Waals surface area contributed by atoms with Gasteiger partial charge in [0.1, 0.15) is 17.5 Å². The third-order valence-corrected chi connectivity index (χ3v) is 2.67. The summed E-state index contributed by atoms with van der Waals surface area (Å²) in [6, 6.07) is 2.93. The Labute approximate surface area is 118 Å². The first-order valence-corrected chi connectivity index (χ1v) is 5.86. The second-order valence-electron chi connectivity index (χ2n) is 4.17. The van der Waals surface area contributed by atoms with Gasteiger partial charge in [0.25, 0.3) is 0 Å². The number of benzene rings is 1. The fourth-order valence-corrected chi connectivity index (χ4v) is 1.67. The number of anilines is 1. The Hall–Kier alpha value is -2.81. The second-order valence-corrected chi connectivity index (χ2v) is 4.17. The van der Waals surface area contributed by atoms with E-state index in [1.165, 1.54) is 0 Å². The van der Waals surface area contributed by atoms with Gasteiger partial charge in [-0.3, -0.25) is 10.1 Å². The maximum Gasteiger partial charge on any atom is 0.311 e. The minimum Gasteiger partial charge on any atom is -0.431 e. The minimum atomic E-state index is -0.666. The Morgan fingerprint density at radius 2 is 2.10 bits per heavy atom. The normalized spacial score (nSPS) is 10.3. The van der Waals surface area contributed by atoms with Crippen LogP contribution in [0.5, 0.6) is 11.6 Å². The van der Waals surface area contributed by atoms with Crippen molar-refractivity contribution in [1.29, 1.82) is 0 Å². The number of nitrogen functional groups attached to an aromatic ring is 1. The van der Waals surface area contributed by atoms with Gasteiger partial charge < -0.3 is 10.2 Å². The van der Waals surface area contributed by atoms with Gasteiger partial charge in [-0.2, -0.15) is 4.98 Å². The molecule has 0 aliphatic carbocycles. The summed E-state index contributed by atoms with van der Waals surface area (Å²) in [5.41, 5.74) is 2.45. The first-order valence-electron chi connectivity index (χ1n) is 5.86. The Bertz CT molecular complexity index is 708. The predicted molar refractivity (Wildman–Crippen MR) is 72.4 cm³/mol. The highest BCUT2D eigenvalue weighted by Gasteiger charge is 2.19. The van der Waals surface area contributed by atoms with Crippen LogP contribution in [-0.2, 0) is 0 Å². The van der Waals surface area contributed by atoms with Crippen LogP contribution in [0.15, 0.2) is 18.2 Å². The largest absolute Gasteiger partial charge is 0.431 e. The van der Waals surface area contributed by atoms with Crippen molar-refractivity contribution in [3.05, 3.63) is 45.5 Å². The SMILES string of the molecule is Cc1nc(NN)c(C)c(Oc2cc(F)ccc2[N+](=O)[O-])n1. The first kappa shape index (κ1) is 14.6. The van der Waals surface area contributed by atoms with Gasteiger partial charge in [0.2, 0.25) is 11.6 Å². The molecule has 0 spiro atoms. The van der Waals surface area contributed by atoms with E-state index in [1.807, 2.05) is 0 Å². The lowest BCUT2D eigenvalue weighted by molar-refractivity contribution is -0.385. The zero-order valence-corrected chi connectivity index (χ0v) is 11.3. The standard InChI is InChI=1S/C12H12FN5O3/c1-6-11(17-14)15-7(2)16-12(6)21-10-5-8(13)3-4-9(10)18(19)20/h3-5H,14H2,1-2H3,(H,15,16,17). The molecular weight excluding hydrogens is 281 g/mol. The maximum absolute atomic E-state index is 13.3. The van der Waals surface area contributed by atoms with Gasteiger partial charge in [0, 0.05) is 12.1 Å². The van der Waals surface area contributed by atoms with E-state index in [0.717, 1.165) is 18.2 Å². The summed E-state index contributed by atoms with van der Waals surface area (Å²) in [6.45, 7) is 3.22. The molecule has 2 aromatic rings. The molecule has 1 heterocycles. The summed E-state index contributed by atoms with van der Waals surface area (Å²) >= 11 is 0. The Balaban J connectivity index is 2.50. The molecule has 0 unspecified atom stereocenters. The number of nitrogens with one attached hydrogen (secondary N) is 1. The quantitative estimate of drug-likeness (QED) is 0.504. The van der Waals surface area contributed by atoms with Crippen LogP contribution in [0.1, 0.15) is 11.4 Å². The number of hydrogen-bond donors (Lipinski definition) is 2. The molecule has 2 rings (SSSR count). The molecule has 0 fully saturated rings. The molecule has 3 N–H and O–H groups in total. The summed E-state index contributed by atoms with van der Waals surface area (Å²) in [7, 11) is 0. The number of nitrogens with two attached hydrogens (primary N) is 1. The molecule has 21 heavy (non-hydrogen) atoms. The fraction of sp³-hybridized carbons (Fsp3) is 0.167. The topological polar surface area (TPSA) is 116 Å². The van der Waals surface area contributed by atoms with Gasteiger partial charge in [0.15, 0.2) is 0 Å². The molecule has 0 radical (unpaired) electrons. The van der Waals surface area contributed by atoms with E-state index in [4.69, 9.17) is 10.6 Å². The number of halogens is 1. The smallest absolute Gasteiger partial charge is 0.311 e. The monoisotopic (exact) mass is 293 g/mol. The average molecular weight is 293 g/mol. The van der Waals surface area contributed by atoms with E-state index < -0.39 is 10.7 Å². The molecule has 0 aliphatic rings. The van der Waals surface area contributed by atoms with Gasteiger partial charge >= 0.3 is 5.69 Å². The maximum atomic E-state index is 13.3. The molecule has 0 saturated carbocycles. The highest BCUT2D eigenvalue weighted by Crippen LogP contribution is 2.33. The molecule has 110 valence electrons. The Kier molecular flexibility index (Phi) is 3.94. The van der Waals surface area contributed by atoms with Crippen LogP contribution in [-0.4, -0.2) is 14.9 Å².